The Morgan fingerprint density at radius 3 is 2.43 bits per heavy atom. The standard InChI is InChI=1S/C14H19F2NO3S/c1-14(7-3-2-4-8-14)17-21(19,20)12-6-5-11(15)10(9-18)13(12)16/h5-6,17-18H,2-4,7-9H2,1H3. The Morgan fingerprint density at radius 1 is 1.24 bits per heavy atom. The van der Waals surface area contributed by atoms with Gasteiger partial charge >= 0.3 is 0 Å². The summed E-state index contributed by atoms with van der Waals surface area (Å²) in [5, 5.41) is 8.97. The molecule has 0 atom stereocenters. The van der Waals surface area contributed by atoms with Crippen molar-refractivity contribution in [1.82, 2.24) is 4.72 Å². The molecular formula is C14H19F2NO3S. The van der Waals surface area contributed by atoms with Gasteiger partial charge in [-0.3, -0.25) is 0 Å². The van der Waals surface area contributed by atoms with Gasteiger partial charge in [-0.25, -0.2) is 21.9 Å². The van der Waals surface area contributed by atoms with Crippen molar-refractivity contribution >= 4 is 10.0 Å². The molecule has 1 aromatic carbocycles. The Morgan fingerprint density at radius 2 is 1.86 bits per heavy atom. The van der Waals surface area contributed by atoms with Gasteiger partial charge < -0.3 is 5.11 Å². The zero-order valence-electron chi connectivity index (χ0n) is 11.8. The van der Waals surface area contributed by atoms with Crippen LogP contribution in [0.5, 0.6) is 0 Å². The molecule has 0 heterocycles. The molecule has 2 rings (SSSR count). The molecule has 2 N–H and O–H groups in total. The molecule has 1 aliphatic carbocycles. The van der Waals surface area contributed by atoms with Crippen LogP contribution in [0.1, 0.15) is 44.6 Å². The van der Waals surface area contributed by atoms with Crippen molar-refractivity contribution in [2.75, 3.05) is 0 Å². The number of benzene rings is 1. The summed E-state index contributed by atoms with van der Waals surface area (Å²) in [6.45, 7) is 0.899. The first kappa shape index (κ1) is 16.3. The third kappa shape index (κ3) is 3.41. The predicted octanol–water partition coefficient (Wildman–Crippen LogP) is 2.46. The maximum Gasteiger partial charge on any atom is 0.243 e. The molecule has 1 aromatic rings. The third-order valence-corrected chi connectivity index (χ3v) is 5.59. The van der Waals surface area contributed by atoms with E-state index in [1.165, 1.54) is 0 Å². The first-order chi connectivity index (χ1) is 9.79. The van der Waals surface area contributed by atoms with Crippen LogP contribution in [0.3, 0.4) is 0 Å². The maximum atomic E-state index is 14.1. The van der Waals surface area contributed by atoms with Gasteiger partial charge in [-0.2, -0.15) is 0 Å². The van der Waals surface area contributed by atoms with Crippen LogP contribution >= 0.6 is 0 Å². The van der Waals surface area contributed by atoms with Crippen LogP contribution in [0.15, 0.2) is 17.0 Å². The van der Waals surface area contributed by atoms with Gasteiger partial charge in [-0.05, 0) is 31.9 Å². The Hall–Kier alpha value is -1.05. The molecule has 0 aliphatic heterocycles. The molecular weight excluding hydrogens is 300 g/mol. The number of hydrogen-bond acceptors (Lipinski definition) is 3. The van der Waals surface area contributed by atoms with E-state index in [4.69, 9.17) is 5.11 Å². The zero-order valence-corrected chi connectivity index (χ0v) is 12.6. The second-order valence-electron chi connectivity index (χ2n) is 5.72. The van der Waals surface area contributed by atoms with Crippen molar-refractivity contribution in [3.05, 3.63) is 29.3 Å². The van der Waals surface area contributed by atoms with Crippen LogP contribution in [0.2, 0.25) is 0 Å². The first-order valence-corrected chi connectivity index (χ1v) is 8.39. The fourth-order valence-electron chi connectivity index (χ4n) is 2.74. The Balaban J connectivity index is 2.36. The molecule has 1 saturated carbocycles. The van der Waals surface area contributed by atoms with Crippen LogP contribution in [0.25, 0.3) is 0 Å². The van der Waals surface area contributed by atoms with E-state index in [2.05, 4.69) is 4.72 Å². The summed E-state index contributed by atoms with van der Waals surface area (Å²) in [5.41, 5.74) is -1.25. The van der Waals surface area contributed by atoms with Gasteiger partial charge in [-0.1, -0.05) is 19.3 Å². The van der Waals surface area contributed by atoms with E-state index in [1.807, 2.05) is 0 Å². The molecule has 0 spiro atoms. The minimum absolute atomic E-state index is 0.614. The molecule has 0 amide bonds. The molecule has 118 valence electrons. The van der Waals surface area contributed by atoms with Gasteiger partial charge in [0.2, 0.25) is 10.0 Å². The number of rotatable bonds is 4. The van der Waals surface area contributed by atoms with E-state index in [0.717, 1.165) is 31.4 Å². The molecule has 4 nitrogen and oxygen atoms in total. The summed E-state index contributed by atoms with van der Waals surface area (Å²) >= 11 is 0. The van der Waals surface area contributed by atoms with Crippen LogP contribution < -0.4 is 4.72 Å². The summed E-state index contributed by atoms with van der Waals surface area (Å²) in [5.74, 6) is -2.19. The largest absolute Gasteiger partial charge is 0.391 e. The van der Waals surface area contributed by atoms with Crippen molar-refractivity contribution < 1.29 is 22.3 Å². The monoisotopic (exact) mass is 319 g/mol. The van der Waals surface area contributed by atoms with Gasteiger partial charge in [0.25, 0.3) is 0 Å². The SMILES string of the molecule is CC1(NS(=O)(=O)c2ccc(F)c(CO)c2F)CCCCC1. The van der Waals surface area contributed by atoms with Gasteiger partial charge in [0.15, 0.2) is 5.82 Å². The van der Waals surface area contributed by atoms with E-state index in [1.54, 1.807) is 6.92 Å². The molecule has 1 fully saturated rings. The lowest BCUT2D eigenvalue weighted by Gasteiger charge is -2.34. The van der Waals surface area contributed by atoms with Crippen molar-refractivity contribution in [1.29, 1.82) is 0 Å². The smallest absolute Gasteiger partial charge is 0.243 e. The normalized spacial score (nSPS) is 18.7. The Labute approximate surface area is 123 Å². The Kier molecular flexibility index (Phi) is 4.65. The number of aliphatic hydroxyl groups excluding tert-OH is 1. The molecule has 0 saturated heterocycles. The van der Waals surface area contributed by atoms with E-state index >= 15 is 0 Å². The number of sulfonamides is 1. The van der Waals surface area contributed by atoms with Crippen LogP contribution in [0, 0.1) is 11.6 Å². The minimum atomic E-state index is -4.10. The molecule has 0 unspecified atom stereocenters. The molecule has 0 aromatic heterocycles. The summed E-state index contributed by atoms with van der Waals surface area (Å²) in [7, 11) is -4.10. The summed E-state index contributed by atoms with van der Waals surface area (Å²) in [4.78, 5) is -0.625. The molecule has 0 bridgehead atoms. The first-order valence-electron chi connectivity index (χ1n) is 6.91. The number of halogens is 2. The van der Waals surface area contributed by atoms with E-state index in [0.29, 0.717) is 12.8 Å². The van der Waals surface area contributed by atoms with Crippen LogP contribution in [-0.4, -0.2) is 19.1 Å². The zero-order chi connectivity index (χ0) is 15.7. The van der Waals surface area contributed by atoms with Gasteiger partial charge in [0.05, 0.1) is 12.2 Å². The van der Waals surface area contributed by atoms with Crippen LogP contribution in [-0.2, 0) is 16.6 Å². The van der Waals surface area contributed by atoms with Crippen LogP contribution in [0.4, 0.5) is 8.78 Å². The van der Waals surface area contributed by atoms with Gasteiger partial charge in [-0.15, -0.1) is 0 Å². The highest BCUT2D eigenvalue weighted by Crippen LogP contribution is 2.30. The second kappa shape index (κ2) is 5.98. The number of hydrogen-bond donors (Lipinski definition) is 2. The van der Waals surface area contributed by atoms with Gasteiger partial charge in [0.1, 0.15) is 10.7 Å². The summed E-state index contributed by atoms with van der Waals surface area (Å²) in [6.07, 6.45) is 4.24. The van der Waals surface area contributed by atoms with E-state index < -0.39 is 44.3 Å². The number of nitrogens with one attached hydrogen (secondary N) is 1. The second-order valence-corrected chi connectivity index (χ2v) is 7.37. The average Bonchev–Trinajstić information content (AvgIpc) is 2.38. The fraction of sp³-hybridized carbons (Fsp3) is 0.571. The highest BCUT2D eigenvalue weighted by molar-refractivity contribution is 7.89. The molecule has 7 heteroatoms. The number of aliphatic hydroxyl groups is 1. The molecule has 1 aliphatic rings. The topological polar surface area (TPSA) is 66.4 Å². The van der Waals surface area contributed by atoms with Crippen molar-refractivity contribution in [2.45, 2.75) is 56.1 Å². The average molecular weight is 319 g/mol. The van der Waals surface area contributed by atoms with E-state index in [9.17, 15) is 17.2 Å². The lowest BCUT2D eigenvalue weighted by atomic mass is 9.84. The van der Waals surface area contributed by atoms with Crippen molar-refractivity contribution in [3.8, 4) is 0 Å². The van der Waals surface area contributed by atoms with Crippen molar-refractivity contribution in [3.63, 3.8) is 0 Å². The summed E-state index contributed by atoms with van der Waals surface area (Å²) in [6, 6.07) is 1.74. The third-order valence-electron chi connectivity index (χ3n) is 3.94. The van der Waals surface area contributed by atoms with Gasteiger partial charge in [0, 0.05) is 5.54 Å². The molecule has 0 radical (unpaired) electrons. The lowest BCUT2D eigenvalue weighted by molar-refractivity contribution is 0.267. The highest BCUT2D eigenvalue weighted by Gasteiger charge is 2.34. The van der Waals surface area contributed by atoms with E-state index in [-0.39, 0.29) is 0 Å². The highest BCUT2D eigenvalue weighted by atomic mass is 32.2. The predicted molar refractivity (Wildman–Crippen MR) is 74.1 cm³/mol. The maximum absolute atomic E-state index is 14.1. The lowest BCUT2D eigenvalue weighted by Crippen LogP contribution is -2.47. The Bertz CT molecular complexity index is 625. The van der Waals surface area contributed by atoms with Crippen molar-refractivity contribution in [2.24, 2.45) is 0 Å². The summed E-state index contributed by atoms with van der Waals surface area (Å²) < 4.78 is 54.7. The minimum Gasteiger partial charge on any atom is -0.391 e. The molecule has 21 heavy (non-hydrogen) atoms. The fourth-order valence-corrected chi connectivity index (χ4v) is 4.31. The quantitative estimate of drug-likeness (QED) is 0.896.